The SMILES string of the molecule is CCCCCCCCCCC[N+]12CCN3CCN(CC1)C32.[I-]. The standard InChI is InChI=1S/C18H36N3.HI/c1-2-3-4-5-6-7-8-9-10-15-21-16-13-19-11-12-20(14-17-21)18(19)21;/h18H,2-17H2,1H3;1H/q+1;/p-1. The fourth-order valence-electron chi connectivity index (χ4n) is 4.94. The van der Waals surface area contributed by atoms with E-state index in [9.17, 15) is 0 Å². The quantitative estimate of drug-likeness (QED) is 0.284. The first-order chi connectivity index (χ1) is 10.4. The average Bonchev–Trinajstić information content (AvgIpc) is 3.15. The van der Waals surface area contributed by atoms with Gasteiger partial charge in [-0.25, -0.2) is 9.80 Å². The Kier molecular flexibility index (Phi) is 7.91. The van der Waals surface area contributed by atoms with E-state index in [-0.39, 0.29) is 24.0 Å². The van der Waals surface area contributed by atoms with E-state index in [4.69, 9.17) is 0 Å². The molecule has 3 nitrogen and oxygen atoms in total. The first kappa shape index (κ1) is 18.9. The van der Waals surface area contributed by atoms with Gasteiger partial charge in [0.1, 0.15) is 0 Å². The van der Waals surface area contributed by atoms with Gasteiger partial charge in [-0.2, -0.15) is 0 Å². The molecule has 3 saturated heterocycles. The minimum atomic E-state index is 0. The number of quaternary nitrogens is 1. The molecular weight excluding hydrogens is 385 g/mol. The molecule has 0 aromatic rings. The van der Waals surface area contributed by atoms with Crippen molar-refractivity contribution in [2.24, 2.45) is 0 Å². The number of unbranched alkanes of at least 4 members (excludes halogenated alkanes) is 8. The van der Waals surface area contributed by atoms with Crippen molar-refractivity contribution in [3.63, 3.8) is 0 Å². The van der Waals surface area contributed by atoms with Gasteiger partial charge in [0.2, 0.25) is 6.29 Å². The summed E-state index contributed by atoms with van der Waals surface area (Å²) in [6, 6.07) is 0. The summed E-state index contributed by atoms with van der Waals surface area (Å²) in [6.07, 6.45) is 13.9. The third kappa shape index (κ3) is 4.17. The Morgan fingerprint density at radius 2 is 1.23 bits per heavy atom. The van der Waals surface area contributed by atoms with E-state index in [1.54, 1.807) is 0 Å². The van der Waals surface area contributed by atoms with Gasteiger partial charge in [-0.1, -0.05) is 51.9 Å². The normalized spacial score (nSPS) is 30.7. The Morgan fingerprint density at radius 1 is 0.727 bits per heavy atom. The largest absolute Gasteiger partial charge is 1.00 e. The Labute approximate surface area is 155 Å². The summed E-state index contributed by atoms with van der Waals surface area (Å²) in [5.74, 6) is 0. The molecule has 0 spiro atoms. The van der Waals surface area contributed by atoms with Gasteiger partial charge in [-0.15, -0.1) is 0 Å². The maximum Gasteiger partial charge on any atom is 0.205 e. The third-order valence-corrected chi connectivity index (χ3v) is 6.19. The molecule has 3 aliphatic heterocycles. The molecule has 130 valence electrons. The fourth-order valence-corrected chi connectivity index (χ4v) is 4.94. The molecule has 22 heavy (non-hydrogen) atoms. The molecular formula is C18H36IN3. The van der Waals surface area contributed by atoms with Gasteiger partial charge < -0.3 is 24.0 Å². The molecule has 3 rings (SSSR count). The number of halogens is 1. The Hall–Kier alpha value is 0.610. The smallest absolute Gasteiger partial charge is 0.205 e. The second-order valence-corrected chi connectivity index (χ2v) is 7.64. The van der Waals surface area contributed by atoms with E-state index in [2.05, 4.69) is 16.7 Å². The van der Waals surface area contributed by atoms with E-state index in [1.807, 2.05) is 0 Å². The monoisotopic (exact) mass is 421 g/mol. The first-order valence-electron chi connectivity index (χ1n) is 9.70. The summed E-state index contributed by atoms with van der Waals surface area (Å²) in [4.78, 5) is 5.50. The average molecular weight is 421 g/mol. The van der Waals surface area contributed by atoms with Crippen molar-refractivity contribution < 1.29 is 28.5 Å². The lowest BCUT2D eigenvalue weighted by molar-refractivity contribution is -0.936. The molecule has 0 unspecified atom stereocenters. The van der Waals surface area contributed by atoms with Crippen LogP contribution < -0.4 is 24.0 Å². The van der Waals surface area contributed by atoms with Crippen molar-refractivity contribution in [3.8, 4) is 0 Å². The summed E-state index contributed by atoms with van der Waals surface area (Å²) in [5.41, 5.74) is 0. The van der Waals surface area contributed by atoms with Crippen molar-refractivity contribution in [2.45, 2.75) is 71.0 Å². The van der Waals surface area contributed by atoms with E-state index < -0.39 is 0 Å². The highest BCUT2D eigenvalue weighted by Gasteiger charge is 2.56. The van der Waals surface area contributed by atoms with Crippen LogP contribution in [0.4, 0.5) is 0 Å². The molecule has 0 aromatic carbocycles. The second kappa shape index (κ2) is 9.19. The highest BCUT2D eigenvalue weighted by atomic mass is 127. The molecule has 0 aliphatic carbocycles. The molecule has 3 heterocycles. The molecule has 4 heteroatoms. The summed E-state index contributed by atoms with van der Waals surface area (Å²) < 4.78 is 1.43. The van der Waals surface area contributed by atoms with Gasteiger partial charge in [-0.05, 0) is 12.8 Å². The van der Waals surface area contributed by atoms with Gasteiger partial charge in [0.05, 0.1) is 32.7 Å². The molecule has 0 radical (unpaired) electrons. The Morgan fingerprint density at radius 3 is 1.77 bits per heavy atom. The van der Waals surface area contributed by atoms with E-state index in [0.29, 0.717) is 0 Å². The van der Waals surface area contributed by atoms with Crippen LogP contribution in [0.3, 0.4) is 0 Å². The van der Waals surface area contributed by atoms with Gasteiger partial charge in [0, 0.05) is 13.1 Å². The van der Waals surface area contributed by atoms with Crippen LogP contribution in [0, 0.1) is 0 Å². The molecule has 3 fully saturated rings. The number of nitrogens with zero attached hydrogens (tertiary/aromatic N) is 3. The molecule has 0 N–H and O–H groups in total. The second-order valence-electron chi connectivity index (χ2n) is 7.64. The summed E-state index contributed by atoms with van der Waals surface area (Å²) in [5, 5.41) is 0. The predicted molar refractivity (Wildman–Crippen MR) is 89.0 cm³/mol. The van der Waals surface area contributed by atoms with Crippen molar-refractivity contribution in [1.29, 1.82) is 0 Å². The number of hydrogen-bond donors (Lipinski definition) is 0. The first-order valence-corrected chi connectivity index (χ1v) is 9.70. The molecule has 0 amide bonds. The predicted octanol–water partition coefficient (Wildman–Crippen LogP) is 0.266. The maximum absolute atomic E-state index is 2.75. The number of hydrogen-bond acceptors (Lipinski definition) is 2. The lowest BCUT2D eigenvalue weighted by atomic mass is 10.1. The summed E-state index contributed by atoms with van der Waals surface area (Å²) in [7, 11) is 0. The van der Waals surface area contributed by atoms with Crippen LogP contribution >= 0.6 is 0 Å². The molecule has 3 aliphatic rings. The Bertz CT molecular complexity index is 307. The van der Waals surface area contributed by atoms with Crippen molar-refractivity contribution in [3.05, 3.63) is 0 Å². The minimum Gasteiger partial charge on any atom is -1.00 e. The van der Waals surface area contributed by atoms with Crippen LogP contribution in [-0.2, 0) is 0 Å². The van der Waals surface area contributed by atoms with E-state index in [0.717, 1.165) is 6.29 Å². The van der Waals surface area contributed by atoms with Crippen LogP contribution in [0.2, 0.25) is 0 Å². The van der Waals surface area contributed by atoms with Crippen LogP contribution in [0.25, 0.3) is 0 Å². The van der Waals surface area contributed by atoms with Gasteiger partial charge in [0.15, 0.2) is 0 Å². The molecule has 0 bridgehead atoms. The van der Waals surface area contributed by atoms with Crippen LogP contribution in [0.15, 0.2) is 0 Å². The molecule has 0 aromatic heterocycles. The maximum atomic E-state index is 2.75. The van der Waals surface area contributed by atoms with Crippen molar-refractivity contribution in [2.75, 3.05) is 45.8 Å². The number of rotatable bonds is 10. The highest BCUT2D eigenvalue weighted by Crippen LogP contribution is 2.36. The lowest BCUT2D eigenvalue weighted by Crippen LogP contribution is -3.00. The fraction of sp³-hybridized carbons (Fsp3) is 1.00. The van der Waals surface area contributed by atoms with E-state index in [1.165, 1.54) is 108 Å². The zero-order valence-corrected chi connectivity index (χ0v) is 16.8. The summed E-state index contributed by atoms with van der Waals surface area (Å²) >= 11 is 0. The third-order valence-electron chi connectivity index (χ3n) is 6.19. The summed E-state index contributed by atoms with van der Waals surface area (Å²) in [6.45, 7) is 12.0. The van der Waals surface area contributed by atoms with Gasteiger partial charge in [0.25, 0.3) is 0 Å². The Balaban J connectivity index is 0.00000176. The van der Waals surface area contributed by atoms with Gasteiger partial charge in [-0.3, -0.25) is 4.48 Å². The van der Waals surface area contributed by atoms with Crippen LogP contribution in [0.5, 0.6) is 0 Å². The highest BCUT2D eigenvalue weighted by molar-refractivity contribution is 4.86. The molecule has 0 atom stereocenters. The minimum absolute atomic E-state index is 0. The van der Waals surface area contributed by atoms with Crippen LogP contribution in [0.1, 0.15) is 64.7 Å². The van der Waals surface area contributed by atoms with Gasteiger partial charge >= 0.3 is 0 Å². The van der Waals surface area contributed by atoms with Crippen LogP contribution in [-0.4, -0.2) is 66.4 Å². The van der Waals surface area contributed by atoms with E-state index >= 15 is 0 Å². The zero-order valence-electron chi connectivity index (χ0n) is 14.6. The lowest BCUT2D eigenvalue weighted by Gasteiger charge is -2.34. The topological polar surface area (TPSA) is 6.48 Å². The zero-order chi connectivity index (χ0) is 14.5. The van der Waals surface area contributed by atoms with Crippen molar-refractivity contribution in [1.82, 2.24) is 9.80 Å². The molecule has 0 saturated carbocycles. The van der Waals surface area contributed by atoms with Crippen molar-refractivity contribution >= 4 is 0 Å².